The van der Waals surface area contributed by atoms with E-state index in [0.29, 0.717) is 5.75 Å². The number of methoxy groups -OCH3 is 1. The summed E-state index contributed by atoms with van der Waals surface area (Å²) in [5.74, 6) is -3.98. The number of ether oxygens (including phenoxy) is 2. The Morgan fingerprint density at radius 2 is 1.60 bits per heavy atom. The maximum absolute atomic E-state index is 11.5. The first-order valence-corrected chi connectivity index (χ1v) is 5.36. The minimum Gasteiger partial charge on any atom is -0.497 e. The molecule has 0 bridgehead atoms. The second-order valence-corrected chi connectivity index (χ2v) is 3.66. The van der Waals surface area contributed by atoms with Crippen LogP contribution in [0.15, 0.2) is 24.3 Å². The Morgan fingerprint density at radius 1 is 1.05 bits per heavy atom. The van der Waals surface area contributed by atoms with E-state index in [2.05, 4.69) is 4.74 Å². The van der Waals surface area contributed by atoms with Gasteiger partial charge in [0.05, 0.1) is 12.7 Å². The lowest BCUT2D eigenvalue weighted by Gasteiger charge is -2.12. The van der Waals surface area contributed by atoms with Gasteiger partial charge in [-0.15, -0.1) is 0 Å². The molecule has 1 aromatic rings. The Labute approximate surface area is 113 Å². The second kappa shape index (κ2) is 6.64. The number of carbonyl (C=O) groups excluding carboxylic acids is 2. The second-order valence-electron chi connectivity index (χ2n) is 3.66. The minimum atomic E-state index is -2.37. The van der Waals surface area contributed by atoms with Crippen LogP contribution in [0.5, 0.6) is 5.75 Å². The van der Waals surface area contributed by atoms with E-state index in [1.807, 2.05) is 0 Å². The number of rotatable bonds is 5. The molecule has 8 nitrogen and oxygen atoms in total. The van der Waals surface area contributed by atoms with Gasteiger partial charge in [-0.1, -0.05) is 0 Å². The first-order valence-electron chi connectivity index (χ1n) is 5.36. The standard InChI is InChI=1S/C12H12O8/c1-19-7-4-2-6(3-5-7)11(17)20-12(18)9(14)8(13)10(15)16/h2-5,8-9,13-14H,1H3,(H,15,16). The lowest BCUT2D eigenvalue weighted by Crippen LogP contribution is -2.41. The Hall–Kier alpha value is -2.45. The number of aliphatic carboxylic acids is 1. The Balaban J connectivity index is 2.69. The van der Waals surface area contributed by atoms with Crippen molar-refractivity contribution in [2.24, 2.45) is 0 Å². The molecule has 8 heteroatoms. The Kier molecular flexibility index (Phi) is 5.18. The van der Waals surface area contributed by atoms with Gasteiger partial charge in [-0.3, -0.25) is 0 Å². The van der Waals surface area contributed by atoms with Crippen LogP contribution in [0.2, 0.25) is 0 Å². The number of esters is 2. The third-order valence-corrected chi connectivity index (χ3v) is 2.31. The molecular weight excluding hydrogens is 272 g/mol. The number of hydrogen-bond acceptors (Lipinski definition) is 7. The summed E-state index contributed by atoms with van der Waals surface area (Å²) in [7, 11) is 1.43. The topological polar surface area (TPSA) is 130 Å². The van der Waals surface area contributed by atoms with E-state index in [9.17, 15) is 14.4 Å². The number of aliphatic hydroxyl groups is 2. The lowest BCUT2D eigenvalue weighted by atomic mass is 10.2. The van der Waals surface area contributed by atoms with Crippen LogP contribution >= 0.6 is 0 Å². The van der Waals surface area contributed by atoms with Crippen LogP contribution in [0.25, 0.3) is 0 Å². The fourth-order valence-electron chi connectivity index (χ4n) is 1.20. The molecule has 0 aliphatic rings. The number of carboxylic acid groups (broad SMARTS) is 1. The molecule has 0 heterocycles. The predicted octanol–water partition coefficient (Wildman–Crippen LogP) is -0.815. The molecule has 0 spiro atoms. The molecule has 0 aromatic heterocycles. The van der Waals surface area contributed by atoms with E-state index in [4.69, 9.17) is 20.1 Å². The molecule has 20 heavy (non-hydrogen) atoms. The first kappa shape index (κ1) is 15.6. The highest BCUT2D eigenvalue weighted by Crippen LogP contribution is 2.12. The molecule has 0 amide bonds. The van der Waals surface area contributed by atoms with Crippen molar-refractivity contribution in [2.45, 2.75) is 12.2 Å². The van der Waals surface area contributed by atoms with Gasteiger partial charge in [0.2, 0.25) is 0 Å². The van der Waals surface area contributed by atoms with Gasteiger partial charge in [0.15, 0.2) is 12.2 Å². The molecule has 2 atom stereocenters. The molecule has 0 saturated heterocycles. The van der Waals surface area contributed by atoms with Gasteiger partial charge in [0.25, 0.3) is 0 Å². The molecule has 0 aliphatic heterocycles. The first-order chi connectivity index (χ1) is 9.36. The zero-order chi connectivity index (χ0) is 15.3. The summed E-state index contributed by atoms with van der Waals surface area (Å²) in [6.45, 7) is 0. The molecule has 108 valence electrons. The summed E-state index contributed by atoms with van der Waals surface area (Å²) in [6.07, 6.45) is -4.72. The van der Waals surface area contributed by atoms with E-state index >= 15 is 0 Å². The average Bonchev–Trinajstić information content (AvgIpc) is 2.45. The molecule has 2 unspecified atom stereocenters. The van der Waals surface area contributed by atoms with E-state index < -0.39 is 30.1 Å². The highest BCUT2D eigenvalue weighted by molar-refractivity contribution is 5.99. The van der Waals surface area contributed by atoms with Gasteiger partial charge in [0.1, 0.15) is 5.75 Å². The van der Waals surface area contributed by atoms with Gasteiger partial charge in [0, 0.05) is 0 Å². The van der Waals surface area contributed by atoms with Crippen molar-refractivity contribution < 1.29 is 39.2 Å². The van der Waals surface area contributed by atoms with Crippen molar-refractivity contribution >= 4 is 17.9 Å². The van der Waals surface area contributed by atoms with Crippen molar-refractivity contribution in [3.63, 3.8) is 0 Å². The van der Waals surface area contributed by atoms with Crippen LogP contribution in [0.4, 0.5) is 0 Å². The van der Waals surface area contributed by atoms with Gasteiger partial charge < -0.3 is 24.8 Å². The number of carboxylic acids is 1. The van der Waals surface area contributed by atoms with E-state index in [1.54, 1.807) is 0 Å². The van der Waals surface area contributed by atoms with Gasteiger partial charge in [-0.05, 0) is 24.3 Å². The van der Waals surface area contributed by atoms with Crippen molar-refractivity contribution in [1.82, 2.24) is 0 Å². The monoisotopic (exact) mass is 284 g/mol. The van der Waals surface area contributed by atoms with Crippen molar-refractivity contribution in [3.05, 3.63) is 29.8 Å². The zero-order valence-corrected chi connectivity index (χ0v) is 10.3. The van der Waals surface area contributed by atoms with Crippen LogP contribution in [-0.2, 0) is 14.3 Å². The normalized spacial score (nSPS) is 13.2. The molecule has 0 fully saturated rings. The summed E-state index contributed by atoms with van der Waals surface area (Å²) in [5.41, 5.74) is -0.00355. The number of aliphatic hydroxyl groups excluding tert-OH is 2. The van der Waals surface area contributed by atoms with Crippen LogP contribution < -0.4 is 4.74 Å². The Bertz CT molecular complexity index is 507. The van der Waals surface area contributed by atoms with E-state index in [0.717, 1.165) is 0 Å². The van der Waals surface area contributed by atoms with Crippen LogP contribution in [0.3, 0.4) is 0 Å². The van der Waals surface area contributed by atoms with Crippen molar-refractivity contribution in [3.8, 4) is 5.75 Å². The molecule has 0 saturated carbocycles. The molecule has 1 rings (SSSR count). The van der Waals surface area contributed by atoms with E-state index in [1.165, 1.54) is 31.4 Å². The summed E-state index contributed by atoms with van der Waals surface area (Å²) in [5, 5.41) is 26.5. The van der Waals surface area contributed by atoms with Gasteiger partial charge >= 0.3 is 17.9 Å². The summed E-state index contributed by atoms with van der Waals surface area (Å²) in [4.78, 5) is 33.1. The SMILES string of the molecule is COc1ccc(C(=O)OC(=O)C(O)C(O)C(=O)O)cc1. The largest absolute Gasteiger partial charge is 0.497 e. The summed E-state index contributed by atoms with van der Waals surface area (Å²) < 4.78 is 9.12. The number of carbonyl (C=O) groups is 3. The van der Waals surface area contributed by atoms with Gasteiger partial charge in [-0.2, -0.15) is 0 Å². The fraction of sp³-hybridized carbons (Fsp3) is 0.250. The number of hydrogen-bond donors (Lipinski definition) is 3. The zero-order valence-electron chi connectivity index (χ0n) is 10.3. The molecular formula is C12H12O8. The smallest absolute Gasteiger partial charge is 0.346 e. The van der Waals surface area contributed by atoms with Crippen LogP contribution in [0.1, 0.15) is 10.4 Å². The van der Waals surface area contributed by atoms with Crippen LogP contribution in [0, 0.1) is 0 Å². The molecule has 0 radical (unpaired) electrons. The molecule has 0 aliphatic carbocycles. The molecule has 3 N–H and O–H groups in total. The fourth-order valence-corrected chi connectivity index (χ4v) is 1.20. The number of benzene rings is 1. The summed E-state index contributed by atoms with van der Waals surface area (Å²) in [6, 6.07) is 5.52. The predicted molar refractivity (Wildman–Crippen MR) is 63.1 cm³/mol. The maximum atomic E-state index is 11.5. The van der Waals surface area contributed by atoms with Crippen LogP contribution in [-0.4, -0.2) is 52.5 Å². The van der Waals surface area contributed by atoms with Crippen molar-refractivity contribution in [1.29, 1.82) is 0 Å². The van der Waals surface area contributed by atoms with E-state index in [-0.39, 0.29) is 5.56 Å². The van der Waals surface area contributed by atoms with Crippen molar-refractivity contribution in [2.75, 3.05) is 7.11 Å². The highest BCUT2D eigenvalue weighted by Gasteiger charge is 2.32. The summed E-state index contributed by atoms with van der Waals surface area (Å²) >= 11 is 0. The maximum Gasteiger partial charge on any atom is 0.346 e. The lowest BCUT2D eigenvalue weighted by molar-refractivity contribution is -0.166. The molecule has 1 aromatic carbocycles. The highest BCUT2D eigenvalue weighted by atomic mass is 16.6. The third kappa shape index (κ3) is 3.77. The Morgan fingerprint density at radius 3 is 2.05 bits per heavy atom. The minimum absolute atomic E-state index is 0.00355. The van der Waals surface area contributed by atoms with Gasteiger partial charge in [-0.25, -0.2) is 14.4 Å². The third-order valence-electron chi connectivity index (χ3n) is 2.31. The quantitative estimate of drug-likeness (QED) is 0.472. The average molecular weight is 284 g/mol.